The fourth-order valence-corrected chi connectivity index (χ4v) is 1.53. The van der Waals surface area contributed by atoms with Crippen LogP contribution in [0.4, 0.5) is 0 Å². The molecule has 0 aliphatic heterocycles. The van der Waals surface area contributed by atoms with E-state index in [1.165, 1.54) is 5.56 Å². The average molecular weight is 232 g/mol. The van der Waals surface area contributed by atoms with Crippen molar-refractivity contribution in [2.75, 3.05) is 0 Å². The number of hydrogen-bond donors (Lipinski definition) is 1. The number of carbonyl (C=O) groups is 1. The highest BCUT2D eigenvalue weighted by atomic mass is 16.2. The second-order valence-corrected chi connectivity index (χ2v) is 4.12. The Hall–Kier alpha value is -1.64. The number of nitrogens with one attached hydrogen (secondary N) is 1. The predicted molar refractivity (Wildman–Crippen MR) is 70.9 cm³/mol. The minimum absolute atomic E-state index is 0.0238. The van der Waals surface area contributed by atoms with E-state index in [-0.39, 0.29) is 5.91 Å². The highest BCUT2D eigenvalue weighted by Gasteiger charge is 2.00. The van der Waals surface area contributed by atoms with Gasteiger partial charge in [0.05, 0.1) is 0 Å². The van der Waals surface area contributed by atoms with Crippen LogP contribution in [0.25, 0.3) is 0 Å². The van der Waals surface area contributed by atoms with Crippen LogP contribution in [0.3, 0.4) is 0 Å². The minimum Gasteiger partial charge on any atom is -0.273 e. The SMILES string of the molecule is CCCC(C)=NNC(=O)CCc1ccccc1. The predicted octanol–water partition coefficient (Wildman–Crippen LogP) is 2.91. The van der Waals surface area contributed by atoms with E-state index in [4.69, 9.17) is 0 Å². The first-order chi connectivity index (χ1) is 8.22. The summed E-state index contributed by atoms with van der Waals surface area (Å²) in [5, 5.41) is 4.04. The van der Waals surface area contributed by atoms with Gasteiger partial charge in [-0.1, -0.05) is 43.7 Å². The molecule has 3 heteroatoms. The van der Waals surface area contributed by atoms with E-state index in [1.54, 1.807) is 0 Å². The zero-order chi connectivity index (χ0) is 12.5. The van der Waals surface area contributed by atoms with Crippen LogP contribution in [0.5, 0.6) is 0 Å². The van der Waals surface area contributed by atoms with Crippen molar-refractivity contribution in [1.29, 1.82) is 0 Å². The van der Waals surface area contributed by atoms with E-state index in [0.29, 0.717) is 6.42 Å². The molecule has 0 aliphatic rings. The number of nitrogens with zero attached hydrogens (tertiary/aromatic N) is 1. The molecule has 0 fully saturated rings. The quantitative estimate of drug-likeness (QED) is 0.594. The molecule has 92 valence electrons. The molecule has 0 spiro atoms. The molecule has 0 saturated heterocycles. The van der Waals surface area contributed by atoms with Gasteiger partial charge < -0.3 is 0 Å². The Balaban J connectivity index is 2.29. The molecule has 1 aromatic rings. The van der Waals surface area contributed by atoms with Gasteiger partial charge in [0, 0.05) is 12.1 Å². The average Bonchev–Trinajstić information content (AvgIpc) is 2.35. The zero-order valence-corrected chi connectivity index (χ0v) is 10.6. The third-order valence-corrected chi connectivity index (χ3v) is 2.47. The molecule has 0 atom stereocenters. The monoisotopic (exact) mass is 232 g/mol. The summed E-state index contributed by atoms with van der Waals surface area (Å²) in [5.41, 5.74) is 4.74. The summed E-state index contributed by atoms with van der Waals surface area (Å²) in [5.74, 6) is -0.0238. The molecular formula is C14H20N2O. The van der Waals surface area contributed by atoms with Gasteiger partial charge in [0.15, 0.2) is 0 Å². The number of rotatable bonds is 6. The number of benzene rings is 1. The molecule has 1 N–H and O–H groups in total. The van der Waals surface area contributed by atoms with Gasteiger partial charge in [-0.25, -0.2) is 5.43 Å². The number of amides is 1. The van der Waals surface area contributed by atoms with Crippen molar-refractivity contribution in [3.63, 3.8) is 0 Å². The standard InChI is InChI=1S/C14H20N2O/c1-3-7-12(2)15-16-14(17)11-10-13-8-5-4-6-9-13/h4-6,8-9H,3,7,10-11H2,1-2H3,(H,16,17). The lowest BCUT2D eigenvalue weighted by molar-refractivity contribution is -0.121. The number of hydrazone groups is 1. The van der Waals surface area contributed by atoms with Crippen LogP contribution in [-0.2, 0) is 11.2 Å². The van der Waals surface area contributed by atoms with Crippen molar-refractivity contribution >= 4 is 11.6 Å². The van der Waals surface area contributed by atoms with Crippen molar-refractivity contribution in [3.8, 4) is 0 Å². The van der Waals surface area contributed by atoms with Gasteiger partial charge >= 0.3 is 0 Å². The Morgan fingerprint density at radius 2 is 1.94 bits per heavy atom. The Labute approximate surface area is 103 Å². The first-order valence-electron chi connectivity index (χ1n) is 6.08. The van der Waals surface area contributed by atoms with Crippen LogP contribution in [-0.4, -0.2) is 11.6 Å². The molecule has 1 aromatic carbocycles. The Bertz CT molecular complexity index is 371. The van der Waals surface area contributed by atoms with Gasteiger partial charge in [0.25, 0.3) is 0 Å². The second-order valence-electron chi connectivity index (χ2n) is 4.12. The van der Waals surface area contributed by atoms with E-state index in [2.05, 4.69) is 17.5 Å². The van der Waals surface area contributed by atoms with Gasteiger partial charge in [-0.2, -0.15) is 5.10 Å². The topological polar surface area (TPSA) is 41.5 Å². The first kappa shape index (κ1) is 13.4. The maximum atomic E-state index is 11.5. The molecular weight excluding hydrogens is 212 g/mol. The number of carbonyl (C=O) groups excluding carboxylic acids is 1. The Kier molecular flexibility index (Phi) is 6.00. The summed E-state index contributed by atoms with van der Waals surface area (Å²) in [6.45, 7) is 4.03. The van der Waals surface area contributed by atoms with Gasteiger partial charge in [-0.05, 0) is 25.3 Å². The molecule has 17 heavy (non-hydrogen) atoms. The van der Waals surface area contributed by atoms with E-state index < -0.39 is 0 Å². The molecule has 0 bridgehead atoms. The van der Waals surface area contributed by atoms with Crippen molar-refractivity contribution in [2.45, 2.75) is 39.5 Å². The maximum absolute atomic E-state index is 11.5. The van der Waals surface area contributed by atoms with Crippen molar-refractivity contribution in [2.24, 2.45) is 5.10 Å². The molecule has 0 aromatic heterocycles. The molecule has 0 radical (unpaired) electrons. The second kappa shape index (κ2) is 7.60. The van der Waals surface area contributed by atoms with Crippen LogP contribution in [0.15, 0.2) is 35.4 Å². The van der Waals surface area contributed by atoms with Crippen LogP contribution in [0.1, 0.15) is 38.7 Å². The van der Waals surface area contributed by atoms with Crippen LogP contribution >= 0.6 is 0 Å². The molecule has 3 nitrogen and oxygen atoms in total. The van der Waals surface area contributed by atoms with Crippen molar-refractivity contribution in [3.05, 3.63) is 35.9 Å². The summed E-state index contributed by atoms with van der Waals surface area (Å²) in [7, 11) is 0. The van der Waals surface area contributed by atoms with Gasteiger partial charge in [0.2, 0.25) is 5.91 Å². The van der Waals surface area contributed by atoms with Crippen molar-refractivity contribution < 1.29 is 4.79 Å². The van der Waals surface area contributed by atoms with Gasteiger partial charge in [0.1, 0.15) is 0 Å². The summed E-state index contributed by atoms with van der Waals surface area (Å²) in [6.07, 6.45) is 3.22. The van der Waals surface area contributed by atoms with Crippen LogP contribution in [0, 0.1) is 0 Å². The summed E-state index contributed by atoms with van der Waals surface area (Å²) < 4.78 is 0. The number of hydrogen-bond acceptors (Lipinski definition) is 2. The van der Waals surface area contributed by atoms with Crippen LogP contribution < -0.4 is 5.43 Å². The van der Waals surface area contributed by atoms with Gasteiger partial charge in [-0.15, -0.1) is 0 Å². The fraction of sp³-hybridized carbons (Fsp3) is 0.429. The lowest BCUT2D eigenvalue weighted by Crippen LogP contribution is -2.19. The van der Waals surface area contributed by atoms with Crippen LogP contribution in [0.2, 0.25) is 0 Å². The summed E-state index contributed by atoms with van der Waals surface area (Å²) in [6, 6.07) is 9.99. The first-order valence-corrected chi connectivity index (χ1v) is 6.08. The lowest BCUT2D eigenvalue weighted by Gasteiger charge is -2.02. The van der Waals surface area contributed by atoms with E-state index >= 15 is 0 Å². The smallest absolute Gasteiger partial charge is 0.240 e. The molecule has 0 unspecified atom stereocenters. The molecule has 0 saturated carbocycles. The fourth-order valence-electron chi connectivity index (χ4n) is 1.53. The third kappa shape index (κ3) is 5.85. The minimum atomic E-state index is -0.0238. The molecule has 1 amide bonds. The highest BCUT2D eigenvalue weighted by Crippen LogP contribution is 2.02. The molecule has 1 rings (SSSR count). The Morgan fingerprint density at radius 1 is 1.24 bits per heavy atom. The number of aryl methyl sites for hydroxylation is 1. The van der Waals surface area contributed by atoms with E-state index in [1.807, 2.05) is 37.3 Å². The molecule has 0 heterocycles. The normalized spacial score (nSPS) is 11.3. The summed E-state index contributed by atoms with van der Waals surface area (Å²) in [4.78, 5) is 11.5. The third-order valence-electron chi connectivity index (χ3n) is 2.47. The largest absolute Gasteiger partial charge is 0.273 e. The van der Waals surface area contributed by atoms with E-state index in [9.17, 15) is 4.79 Å². The lowest BCUT2D eigenvalue weighted by atomic mass is 10.1. The summed E-state index contributed by atoms with van der Waals surface area (Å²) >= 11 is 0. The Morgan fingerprint density at radius 3 is 2.59 bits per heavy atom. The van der Waals surface area contributed by atoms with Crippen molar-refractivity contribution in [1.82, 2.24) is 5.43 Å². The highest BCUT2D eigenvalue weighted by molar-refractivity contribution is 5.84. The van der Waals surface area contributed by atoms with Gasteiger partial charge in [-0.3, -0.25) is 4.79 Å². The molecule has 0 aliphatic carbocycles. The maximum Gasteiger partial charge on any atom is 0.240 e. The zero-order valence-electron chi connectivity index (χ0n) is 10.6. The van der Waals surface area contributed by atoms with E-state index in [0.717, 1.165) is 25.0 Å².